The van der Waals surface area contributed by atoms with Crippen molar-refractivity contribution in [3.05, 3.63) is 22.3 Å². The van der Waals surface area contributed by atoms with Crippen LogP contribution in [0, 0.1) is 38.5 Å². The summed E-state index contributed by atoms with van der Waals surface area (Å²) in [5.74, 6) is 4.45. The fraction of sp³-hybridized carbons (Fsp3) is 0.838. The van der Waals surface area contributed by atoms with Gasteiger partial charge in [0.2, 0.25) is 0 Å². The Morgan fingerprint density at radius 2 is 1.28 bits per heavy atom. The number of aliphatic hydroxyl groups excluding tert-OH is 3. The smallest absolute Gasteiger partial charge is 0.137 e. The van der Waals surface area contributed by atoms with Gasteiger partial charge in [0.05, 0.1) is 19.8 Å². The van der Waals surface area contributed by atoms with E-state index >= 15 is 0 Å². The number of ether oxygens (including phenoxy) is 2. The highest BCUT2D eigenvalue weighted by Crippen LogP contribution is 2.45. The van der Waals surface area contributed by atoms with Gasteiger partial charge in [0.15, 0.2) is 0 Å². The lowest BCUT2D eigenvalue weighted by atomic mass is 9.83. The minimum absolute atomic E-state index is 0.0168. The molecule has 43 heavy (non-hydrogen) atoms. The summed E-state index contributed by atoms with van der Waals surface area (Å²) in [5, 5.41) is 28.8. The lowest BCUT2D eigenvalue weighted by molar-refractivity contribution is -0.928. The van der Waals surface area contributed by atoms with Crippen LogP contribution < -0.4 is 9.47 Å². The van der Waals surface area contributed by atoms with Crippen molar-refractivity contribution < 1.29 is 29.3 Å². The van der Waals surface area contributed by atoms with Gasteiger partial charge in [-0.25, -0.2) is 0 Å². The zero-order valence-electron chi connectivity index (χ0n) is 29.3. The first-order valence-electron chi connectivity index (χ1n) is 17.5. The fourth-order valence-corrected chi connectivity index (χ4v) is 7.13. The Morgan fingerprint density at radius 3 is 1.81 bits per heavy atom. The highest BCUT2D eigenvalue weighted by molar-refractivity contribution is 5.59. The number of nitrogens with zero attached hydrogens (tertiary/aromatic N) is 1. The summed E-state index contributed by atoms with van der Waals surface area (Å²) in [6.07, 6.45) is 13.8. The molecule has 0 radical (unpaired) electrons. The minimum Gasteiger partial charge on any atom is -0.487 e. The molecule has 1 aliphatic rings. The summed E-state index contributed by atoms with van der Waals surface area (Å²) in [7, 11) is 0. The maximum absolute atomic E-state index is 9.61. The van der Waals surface area contributed by atoms with Crippen molar-refractivity contribution in [1.29, 1.82) is 0 Å². The largest absolute Gasteiger partial charge is 0.487 e. The molecule has 6 heteroatoms. The Kier molecular flexibility index (Phi) is 16.4. The van der Waals surface area contributed by atoms with Crippen molar-refractivity contribution >= 4 is 0 Å². The number of benzene rings is 1. The van der Waals surface area contributed by atoms with E-state index in [2.05, 4.69) is 55.4 Å². The van der Waals surface area contributed by atoms with Gasteiger partial charge in [-0.05, 0) is 87.8 Å². The third-order valence-electron chi connectivity index (χ3n) is 10.4. The van der Waals surface area contributed by atoms with E-state index in [1.165, 1.54) is 62.5 Å². The van der Waals surface area contributed by atoms with Gasteiger partial charge in [0, 0.05) is 5.56 Å². The van der Waals surface area contributed by atoms with Gasteiger partial charge >= 0.3 is 0 Å². The number of aliphatic hydroxyl groups is 3. The lowest BCUT2D eigenvalue weighted by Crippen LogP contribution is -2.55. The molecule has 3 atom stereocenters. The van der Waals surface area contributed by atoms with E-state index in [9.17, 15) is 15.3 Å². The molecule has 6 nitrogen and oxygen atoms in total. The number of rotatable bonds is 22. The fourth-order valence-electron chi connectivity index (χ4n) is 7.13. The minimum atomic E-state index is -0.125. The monoisotopic (exact) mass is 607 g/mol. The van der Waals surface area contributed by atoms with Crippen molar-refractivity contribution in [3.8, 4) is 11.5 Å². The summed E-state index contributed by atoms with van der Waals surface area (Å²) >= 11 is 0. The van der Waals surface area contributed by atoms with Gasteiger partial charge in [-0.2, -0.15) is 0 Å². The van der Waals surface area contributed by atoms with Crippen molar-refractivity contribution in [2.45, 2.75) is 132 Å². The summed E-state index contributed by atoms with van der Waals surface area (Å²) in [4.78, 5) is 0. The van der Waals surface area contributed by atoms with Gasteiger partial charge < -0.3 is 29.3 Å². The molecule has 1 heterocycles. The van der Waals surface area contributed by atoms with Crippen LogP contribution in [-0.4, -0.2) is 78.0 Å². The number of hydrogen-bond acceptors (Lipinski definition) is 5. The molecule has 250 valence electrons. The van der Waals surface area contributed by atoms with Gasteiger partial charge in [-0.15, -0.1) is 0 Å². The van der Waals surface area contributed by atoms with Crippen LogP contribution in [-0.2, 0) is 6.42 Å². The molecule has 1 aromatic rings. The Morgan fingerprint density at radius 1 is 0.744 bits per heavy atom. The van der Waals surface area contributed by atoms with Crippen LogP contribution in [0.15, 0.2) is 0 Å². The van der Waals surface area contributed by atoms with E-state index < -0.39 is 0 Å². The molecule has 0 amide bonds. The second-order valence-electron chi connectivity index (χ2n) is 14.7. The molecule has 0 spiro atoms. The molecule has 0 saturated carbocycles. The SMILES string of the molecule is Cc1c(C)c2c(c(C)c1OCC[N+](CCO)(CCO)CCO)CCC(C)(CCCC(C)CCCC(C)CCCC(C)C)O2. The second kappa shape index (κ2) is 18.6. The summed E-state index contributed by atoms with van der Waals surface area (Å²) in [5.41, 5.74) is 4.60. The highest BCUT2D eigenvalue weighted by Gasteiger charge is 2.35. The van der Waals surface area contributed by atoms with Gasteiger partial charge in [0.25, 0.3) is 0 Å². The zero-order valence-corrected chi connectivity index (χ0v) is 29.3. The molecule has 0 aliphatic carbocycles. The third kappa shape index (κ3) is 11.8. The van der Waals surface area contributed by atoms with E-state index in [0.29, 0.717) is 37.3 Å². The number of fused-ring (bicyclic) bond motifs is 1. The highest BCUT2D eigenvalue weighted by atomic mass is 16.5. The number of hydrogen-bond donors (Lipinski definition) is 3. The van der Waals surface area contributed by atoms with Crippen molar-refractivity contribution in [2.75, 3.05) is 52.6 Å². The first-order chi connectivity index (χ1) is 20.4. The Bertz CT molecular complexity index is 931. The molecule has 0 bridgehead atoms. The lowest BCUT2D eigenvalue weighted by Gasteiger charge is -2.39. The van der Waals surface area contributed by atoms with Crippen LogP contribution in [0.1, 0.15) is 121 Å². The molecule has 0 fully saturated rings. The van der Waals surface area contributed by atoms with E-state index in [-0.39, 0.29) is 25.4 Å². The summed E-state index contributed by atoms with van der Waals surface area (Å²) < 4.78 is 13.7. The van der Waals surface area contributed by atoms with Crippen molar-refractivity contribution in [1.82, 2.24) is 0 Å². The molecule has 1 aromatic carbocycles. The van der Waals surface area contributed by atoms with E-state index in [4.69, 9.17) is 9.47 Å². The number of quaternary nitrogens is 1. The van der Waals surface area contributed by atoms with E-state index in [1.807, 2.05) is 0 Å². The van der Waals surface area contributed by atoms with E-state index in [0.717, 1.165) is 59.6 Å². The zero-order chi connectivity index (χ0) is 32.0. The molecular formula is C37H68NO5+. The van der Waals surface area contributed by atoms with Crippen LogP contribution in [0.5, 0.6) is 11.5 Å². The predicted octanol–water partition coefficient (Wildman–Crippen LogP) is 7.31. The molecule has 3 N–H and O–H groups in total. The van der Waals surface area contributed by atoms with Gasteiger partial charge in [-0.1, -0.05) is 72.6 Å². The predicted molar refractivity (Wildman–Crippen MR) is 179 cm³/mol. The van der Waals surface area contributed by atoms with Crippen LogP contribution in [0.3, 0.4) is 0 Å². The molecule has 3 unspecified atom stereocenters. The summed E-state index contributed by atoms with van der Waals surface area (Å²) in [6, 6.07) is 0. The average Bonchev–Trinajstić information content (AvgIpc) is 2.94. The van der Waals surface area contributed by atoms with Crippen LogP contribution in [0.25, 0.3) is 0 Å². The Balaban J connectivity index is 1.92. The van der Waals surface area contributed by atoms with Crippen molar-refractivity contribution in [3.63, 3.8) is 0 Å². The third-order valence-corrected chi connectivity index (χ3v) is 10.4. The quantitative estimate of drug-likeness (QED) is 0.121. The normalized spacial score (nSPS) is 18.4. The maximum atomic E-state index is 9.61. The molecule has 2 rings (SSSR count). The van der Waals surface area contributed by atoms with E-state index in [1.54, 1.807) is 0 Å². The maximum Gasteiger partial charge on any atom is 0.137 e. The summed E-state index contributed by atoms with van der Waals surface area (Å²) in [6.45, 7) is 20.9. The average molecular weight is 607 g/mol. The molecule has 1 aliphatic heterocycles. The van der Waals surface area contributed by atoms with Crippen molar-refractivity contribution in [2.24, 2.45) is 17.8 Å². The first kappa shape index (κ1) is 37.8. The first-order valence-corrected chi connectivity index (χ1v) is 17.5. The molecule has 0 aromatic heterocycles. The van der Waals surface area contributed by atoms with Gasteiger partial charge in [0.1, 0.15) is 49.9 Å². The standard InChI is InChI=1S/C37H68NO5/c1-28(2)12-9-13-29(3)14-10-15-30(4)16-11-18-37(8)19-17-34-33(7)35(31(5)32(6)36(34)43-37)42-27-23-38(20-24-39,21-25-40)22-26-41/h28-30,39-41H,9-27H2,1-8H3/q+1. The Labute approximate surface area is 264 Å². The Hall–Kier alpha value is -1.34. The van der Waals surface area contributed by atoms with Crippen LogP contribution >= 0.6 is 0 Å². The second-order valence-corrected chi connectivity index (χ2v) is 14.7. The topological polar surface area (TPSA) is 79.2 Å². The van der Waals surface area contributed by atoms with Crippen LogP contribution in [0.4, 0.5) is 0 Å². The van der Waals surface area contributed by atoms with Crippen LogP contribution in [0.2, 0.25) is 0 Å². The molecule has 0 saturated heterocycles. The molecular weight excluding hydrogens is 538 g/mol. The van der Waals surface area contributed by atoms with Gasteiger partial charge in [-0.3, -0.25) is 0 Å².